The van der Waals surface area contributed by atoms with Gasteiger partial charge in [0.25, 0.3) is 0 Å². The highest BCUT2D eigenvalue weighted by Gasteiger charge is 2.30. The van der Waals surface area contributed by atoms with Crippen molar-refractivity contribution in [1.82, 2.24) is 0 Å². The quantitative estimate of drug-likeness (QED) is 0.327. The van der Waals surface area contributed by atoms with Gasteiger partial charge in [0.1, 0.15) is 31.0 Å². The normalized spacial score (nSPS) is 11.4. The van der Waals surface area contributed by atoms with E-state index >= 15 is 0 Å². The van der Waals surface area contributed by atoms with Crippen molar-refractivity contribution in [2.45, 2.75) is 19.3 Å². The van der Waals surface area contributed by atoms with E-state index in [4.69, 9.17) is 18.6 Å². The fraction of sp³-hybridized carbons (Fsp3) is 0.273. The van der Waals surface area contributed by atoms with E-state index < -0.39 is 11.9 Å². The van der Waals surface area contributed by atoms with Crippen molar-refractivity contribution in [3.63, 3.8) is 0 Å². The van der Waals surface area contributed by atoms with E-state index in [2.05, 4.69) is 13.2 Å². The van der Waals surface area contributed by atoms with Crippen molar-refractivity contribution in [1.29, 1.82) is 0 Å². The van der Waals surface area contributed by atoms with Gasteiger partial charge in [-0.05, 0) is 24.1 Å². The molecule has 1 aromatic carbocycles. The Balaban J connectivity index is 2.70. The van der Waals surface area contributed by atoms with Gasteiger partial charge in [0.15, 0.2) is 5.78 Å². The van der Waals surface area contributed by atoms with Crippen LogP contribution in [-0.4, -0.2) is 32.1 Å². The molecule has 0 saturated carbocycles. The van der Waals surface area contributed by atoms with Gasteiger partial charge in [-0.3, -0.25) is 9.59 Å². The molecule has 148 valence electrons. The van der Waals surface area contributed by atoms with E-state index in [1.807, 2.05) is 6.92 Å². The minimum absolute atomic E-state index is 0.186. The zero-order valence-electron chi connectivity index (χ0n) is 16.1. The second kappa shape index (κ2) is 10.2. The van der Waals surface area contributed by atoms with Crippen molar-refractivity contribution >= 4 is 11.8 Å². The maximum absolute atomic E-state index is 13.2. The molecule has 0 spiro atoms. The van der Waals surface area contributed by atoms with Gasteiger partial charge in [0, 0.05) is 6.07 Å². The Bertz CT molecular complexity index is 835. The summed E-state index contributed by atoms with van der Waals surface area (Å²) in [6.45, 7) is 9.57. The Morgan fingerprint density at radius 1 is 1.18 bits per heavy atom. The summed E-state index contributed by atoms with van der Waals surface area (Å²) in [6, 6.07) is 4.85. The molecule has 0 N–H and O–H groups in total. The van der Waals surface area contributed by atoms with Crippen LogP contribution in [0.15, 0.2) is 60.5 Å². The monoisotopic (exact) mass is 384 g/mol. The van der Waals surface area contributed by atoms with Gasteiger partial charge in [-0.2, -0.15) is 0 Å². The first-order valence-electron chi connectivity index (χ1n) is 8.87. The molecule has 1 unspecified atom stereocenters. The average Bonchev–Trinajstić information content (AvgIpc) is 3.25. The van der Waals surface area contributed by atoms with Crippen molar-refractivity contribution in [2.75, 3.05) is 20.3 Å². The molecule has 6 nitrogen and oxygen atoms in total. The number of ether oxygens (including phenoxy) is 3. The molecule has 0 amide bonds. The summed E-state index contributed by atoms with van der Waals surface area (Å²) in [5.74, 6) is -0.668. The molecule has 1 aromatic heterocycles. The number of carbonyl (C=O) groups is 2. The molecule has 0 aliphatic heterocycles. The fourth-order valence-electron chi connectivity index (χ4n) is 2.82. The summed E-state index contributed by atoms with van der Waals surface area (Å²) in [5.41, 5.74) is 1.09. The van der Waals surface area contributed by atoms with E-state index in [1.54, 1.807) is 30.4 Å². The first-order valence-corrected chi connectivity index (χ1v) is 8.87. The maximum atomic E-state index is 13.2. The molecule has 6 heteroatoms. The van der Waals surface area contributed by atoms with Crippen LogP contribution in [0.25, 0.3) is 0 Å². The zero-order chi connectivity index (χ0) is 20.5. The second-order valence-electron chi connectivity index (χ2n) is 5.91. The number of methoxy groups -OCH3 is 1. The Morgan fingerprint density at radius 2 is 1.89 bits per heavy atom. The molecule has 2 rings (SSSR count). The van der Waals surface area contributed by atoms with Crippen LogP contribution in [0.2, 0.25) is 0 Å². The number of hydrogen-bond donors (Lipinski definition) is 0. The van der Waals surface area contributed by atoms with Gasteiger partial charge in [0.05, 0.1) is 30.4 Å². The van der Waals surface area contributed by atoms with Gasteiger partial charge in [-0.15, -0.1) is 0 Å². The number of esters is 1. The minimum Gasteiger partial charge on any atom is -0.489 e. The van der Waals surface area contributed by atoms with E-state index in [9.17, 15) is 9.59 Å². The summed E-state index contributed by atoms with van der Waals surface area (Å²) >= 11 is 0. The number of hydrogen-bond acceptors (Lipinski definition) is 6. The maximum Gasteiger partial charge on any atom is 0.313 e. The minimum atomic E-state index is -0.658. The molecule has 28 heavy (non-hydrogen) atoms. The molecule has 1 heterocycles. The van der Waals surface area contributed by atoms with Crippen LogP contribution in [0, 0.1) is 0 Å². The largest absolute Gasteiger partial charge is 0.489 e. The molecule has 0 aliphatic carbocycles. The number of furan rings is 1. The molecule has 1 atom stereocenters. The zero-order valence-corrected chi connectivity index (χ0v) is 16.1. The number of benzene rings is 1. The Morgan fingerprint density at radius 3 is 2.46 bits per heavy atom. The fourth-order valence-corrected chi connectivity index (χ4v) is 2.82. The van der Waals surface area contributed by atoms with Crippen LogP contribution in [-0.2, 0) is 9.53 Å². The van der Waals surface area contributed by atoms with E-state index in [0.29, 0.717) is 29.0 Å². The summed E-state index contributed by atoms with van der Waals surface area (Å²) in [7, 11) is 1.32. The first-order chi connectivity index (χ1) is 13.6. The van der Waals surface area contributed by atoms with Crippen LogP contribution < -0.4 is 9.47 Å². The molecule has 0 aliphatic rings. The van der Waals surface area contributed by atoms with Crippen LogP contribution >= 0.6 is 0 Å². The van der Waals surface area contributed by atoms with Crippen molar-refractivity contribution in [3.05, 3.63) is 72.7 Å². The lowest BCUT2D eigenvalue weighted by Gasteiger charge is -2.21. The molecular formula is C22H24O6. The van der Waals surface area contributed by atoms with Crippen LogP contribution in [0.3, 0.4) is 0 Å². The highest BCUT2D eigenvalue weighted by atomic mass is 16.5. The highest BCUT2D eigenvalue weighted by molar-refractivity contribution is 6.12. The smallest absolute Gasteiger partial charge is 0.313 e. The second-order valence-corrected chi connectivity index (χ2v) is 5.91. The third kappa shape index (κ3) is 4.71. The van der Waals surface area contributed by atoms with Gasteiger partial charge < -0.3 is 18.6 Å². The van der Waals surface area contributed by atoms with Crippen LogP contribution in [0.5, 0.6) is 11.5 Å². The average molecular weight is 384 g/mol. The van der Waals surface area contributed by atoms with Crippen LogP contribution in [0.4, 0.5) is 0 Å². The first kappa shape index (κ1) is 21.0. The Labute approximate surface area is 164 Å². The summed E-state index contributed by atoms with van der Waals surface area (Å²) in [5, 5.41) is 0. The lowest BCUT2D eigenvalue weighted by Crippen LogP contribution is -2.19. The predicted octanol–water partition coefficient (Wildman–Crippen LogP) is 4.31. The van der Waals surface area contributed by atoms with Gasteiger partial charge in [-0.1, -0.05) is 32.2 Å². The van der Waals surface area contributed by atoms with E-state index in [1.165, 1.54) is 19.6 Å². The topological polar surface area (TPSA) is 75.0 Å². The van der Waals surface area contributed by atoms with Gasteiger partial charge in [-0.25, -0.2) is 0 Å². The van der Waals surface area contributed by atoms with E-state index in [0.717, 1.165) is 0 Å². The molecule has 0 fully saturated rings. The van der Waals surface area contributed by atoms with Crippen molar-refractivity contribution in [2.24, 2.45) is 0 Å². The molecule has 0 saturated heterocycles. The van der Waals surface area contributed by atoms with Crippen molar-refractivity contribution in [3.8, 4) is 11.5 Å². The third-order valence-electron chi connectivity index (χ3n) is 4.11. The number of ketones is 1. The molecule has 2 aromatic rings. The van der Waals surface area contributed by atoms with Crippen LogP contribution in [0.1, 0.15) is 40.7 Å². The van der Waals surface area contributed by atoms with Gasteiger partial charge >= 0.3 is 5.97 Å². The summed E-state index contributed by atoms with van der Waals surface area (Å²) < 4.78 is 21.4. The lowest BCUT2D eigenvalue weighted by atomic mass is 9.88. The Kier molecular flexibility index (Phi) is 7.63. The summed E-state index contributed by atoms with van der Waals surface area (Å²) in [4.78, 5) is 25.6. The highest BCUT2D eigenvalue weighted by Crippen LogP contribution is 2.37. The Hall–Kier alpha value is -3.28. The third-order valence-corrected chi connectivity index (χ3v) is 4.11. The number of carbonyl (C=O) groups excluding carboxylic acids is 2. The molecular weight excluding hydrogens is 360 g/mol. The predicted molar refractivity (Wildman–Crippen MR) is 105 cm³/mol. The van der Waals surface area contributed by atoms with Gasteiger partial charge in [0.2, 0.25) is 0 Å². The van der Waals surface area contributed by atoms with E-state index in [-0.39, 0.29) is 24.6 Å². The summed E-state index contributed by atoms with van der Waals surface area (Å²) in [6.07, 6.45) is 6.37. The van der Waals surface area contributed by atoms with Crippen molar-refractivity contribution < 1.29 is 28.2 Å². The molecule has 0 bridgehead atoms. The SMILES string of the molecule is C=CCOc1cc(OCC=C)c(C(=O)c2ccoc2)c(C(CC)C(=O)OC)c1. The lowest BCUT2D eigenvalue weighted by molar-refractivity contribution is -0.142. The molecule has 0 radical (unpaired) electrons. The number of rotatable bonds is 11. The standard InChI is InChI=1S/C22H24O6/c1-5-9-27-16-12-18(17(7-3)22(24)25-4)20(19(13-16)28-10-6-2)21(23)15-8-11-26-14-15/h5-6,8,11-14,17H,1-2,7,9-10H2,3-4H3.